The van der Waals surface area contributed by atoms with Crippen molar-refractivity contribution in [1.29, 1.82) is 0 Å². The summed E-state index contributed by atoms with van der Waals surface area (Å²) in [5.74, 6) is 1.53. The molecule has 1 aliphatic heterocycles. The zero-order valence-electron chi connectivity index (χ0n) is 12.4. The Balaban J connectivity index is 1.67. The van der Waals surface area contributed by atoms with Crippen LogP contribution in [0, 0.1) is 0 Å². The van der Waals surface area contributed by atoms with Gasteiger partial charge in [0.1, 0.15) is 5.82 Å². The molecule has 0 atom stereocenters. The highest BCUT2D eigenvalue weighted by atomic mass is 16.5. The van der Waals surface area contributed by atoms with Gasteiger partial charge in [-0.2, -0.15) is 4.98 Å². The zero-order chi connectivity index (χ0) is 14.1. The largest absolute Gasteiger partial charge is 0.473 e. The van der Waals surface area contributed by atoms with Gasteiger partial charge < -0.3 is 15.4 Å². The standard InChI is InChI=1S/C15H24N4O/c1-11(2)20-15-13(16)5-6-14(17-15)19-9-7-18(8-10-19)12-3-4-12/h5-6,11-12H,3-4,7-10,16H2,1-2H3. The van der Waals surface area contributed by atoms with Crippen LogP contribution < -0.4 is 15.4 Å². The Hall–Kier alpha value is -1.49. The van der Waals surface area contributed by atoms with E-state index in [1.54, 1.807) is 0 Å². The molecule has 5 heteroatoms. The molecular weight excluding hydrogens is 252 g/mol. The van der Waals surface area contributed by atoms with E-state index in [9.17, 15) is 0 Å². The summed E-state index contributed by atoms with van der Waals surface area (Å²) in [6.07, 6.45) is 2.85. The van der Waals surface area contributed by atoms with Crippen molar-refractivity contribution in [1.82, 2.24) is 9.88 Å². The molecular formula is C15H24N4O. The monoisotopic (exact) mass is 276 g/mol. The van der Waals surface area contributed by atoms with Crippen LogP contribution in [0.1, 0.15) is 26.7 Å². The molecule has 1 aliphatic carbocycles. The van der Waals surface area contributed by atoms with Gasteiger partial charge in [-0.25, -0.2) is 0 Å². The first-order valence-electron chi connectivity index (χ1n) is 7.55. The minimum atomic E-state index is 0.0896. The molecule has 110 valence electrons. The predicted octanol–water partition coefficient (Wildman–Crippen LogP) is 1.74. The third kappa shape index (κ3) is 2.98. The molecule has 2 heterocycles. The molecule has 2 fully saturated rings. The zero-order valence-corrected chi connectivity index (χ0v) is 12.4. The van der Waals surface area contributed by atoms with Crippen LogP contribution in [0.3, 0.4) is 0 Å². The second-order valence-corrected chi connectivity index (χ2v) is 5.98. The molecule has 0 aromatic carbocycles. The lowest BCUT2D eigenvalue weighted by atomic mass is 10.3. The Morgan fingerprint density at radius 3 is 2.50 bits per heavy atom. The van der Waals surface area contributed by atoms with Crippen LogP contribution in [0.15, 0.2) is 12.1 Å². The van der Waals surface area contributed by atoms with E-state index in [1.165, 1.54) is 12.8 Å². The molecule has 0 spiro atoms. The SMILES string of the molecule is CC(C)Oc1nc(N2CCN(C3CC3)CC2)ccc1N. The van der Waals surface area contributed by atoms with Crippen molar-refractivity contribution in [2.75, 3.05) is 36.8 Å². The minimum absolute atomic E-state index is 0.0896. The van der Waals surface area contributed by atoms with E-state index >= 15 is 0 Å². The van der Waals surface area contributed by atoms with Crippen LogP contribution in [0.2, 0.25) is 0 Å². The number of nitrogens with zero attached hydrogens (tertiary/aromatic N) is 3. The lowest BCUT2D eigenvalue weighted by molar-refractivity contribution is 0.232. The molecule has 2 N–H and O–H groups in total. The molecule has 1 aromatic rings. The molecule has 0 bridgehead atoms. The summed E-state index contributed by atoms with van der Waals surface area (Å²) in [6, 6.07) is 4.75. The molecule has 0 amide bonds. The number of anilines is 2. The quantitative estimate of drug-likeness (QED) is 0.907. The molecule has 3 rings (SSSR count). The fourth-order valence-electron chi connectivity index (χ4n) is 2.69. The van der Waals surface area contributed by atoms with E-state index in [2.05, 4.69) is 14.8 Å². The third-order valence-electron chi connectivity index (χ3n) is 3.92. The highest BCUT2D eigenvalue weighted by molar-refractivity contribution is 5.54. The Labute approximate surface area is 120 Å². The van der Waals surface area contributed by atoms with Crippen molar-refractivity contribution in [3.05, 3.63) is 12.1 Å². The maximum atomic E-state index is 5.92. The fourth-order valence-corrected chi connectivity index (χ4v) is 2.69. The minimum Gasteiger partial charge on any atom is -0.473 e. The van der Waals surface area contributed by atoms with E-state index < -0.39 is 0 Å². The van der Waals surface area contributed by atoms with E-state index in [1.807, 2.05) is 26.0 Å². The Bertz CT molecular complexity index is 465. The van der Waals surface area contributed by atoms with Gasteiger partial charge in [0, 0.05) is 32.2 Å². The molecule has 0 unspecified atom stereocenters. The van der Waals surface area contributed by atoms with Crippen LogP contribution in [-0.4, -0.2) is 48.2 Å². The maximum absolute atomic E-state index is 5.92. The number of piperazine rings is 1. The number of pyridine rings is 1. The van der Waals surface area contributed by atoms with Crippen molar-refractivity contribution in [2.45, 2.75) is 38.8 Å². The van der Waals surface area contributed by atoms with Crippen molar-refractivity contribution in [3.8, 4) is 5.88 Å². The Morgan fingerprint density at radius 1 is 1.20 bits per heavy atom. The van der Waals surface area contributed by atoms with Crippen molar-refractivity contribution < 1.29 is 4.74 Å². The van der Waals surface area contributed by atoms with E-state index in [-0.39, 0.29) is 6.10 Å². The van der Waals surface area contributed by atoms with E-state index in [0.29, 0.717) is 11.6 Å². The summed E-state index contributed by atoms with van der Waals surface area (Å²) in [5.41, 5.74) is 6.53. The van der Waals surface area contributed by atoms with Gasteiger partial charge in [-0.15, -0.1) is 0 Å². The predicted molar refractivity (Wildman–Crippen MR) is 81.2 cm³/mol. The summed E-state index contributed by atoms with van der Waals surface area (Å²) in [5, 5.41) is 0. The van der Waals surface area contributed by atoms with Gasteiger partial charge in [-0.1, -0.05) is 0 Å². The summed E-state index contributed by atoms with van der Waals surface area (Å²) in [6.45, 7) is 8.32. The second-order valence-electron chi connectivity index (χ2n) is 5.98. The number of nitrogens with two attached hydrogens (primary N) is 1. The van der Waals surface area contributed by atoms with Gasteiger partial charge in [-0.3, -0.25) is 4.90 Å². The normalized spacial score (nSPS) is 20.4. The van der Waals surface area contributed by atoms with Crippen LogP contribution in [0.4, 0.5) is 11.5 Å². The first kappa shape index (κ1) is 13.5. The van der Waals surface area contributed by atoms with E-state index in [0.717, 1.165) is 38.0 Å². The number of nitrogen functional groups attached to an aromatic ring is 1. The van der Waals surface area contributed by atoms with Gasteiger partial charge >= 0.3 is 0 Å². The number of hydrogen-bond acceptors (Lipinski definition) is 5. The van der Waals surface area contributed by atoms with Crippen LogP contribution in [0.5, 0.6) is 5.88 Å². The number of ether oxygens (including phenoxy) is 1. The Kier molecular flexibility index (Phi) is 3.70. The average molecular weight is 276 g/mol. The highest BCUT2D eigenvalue weighted by Gasteiger charge is 2.31. The number of aromatic nitrogens is 1. The maximum Gasteiger partial charge on any atom is 0.239 e. The molecule has 5 nitrogen and oxygen atoms in total. The first-order chi connectivity index (χ1) is 9.63. The topological polar surface area (TPSA) is 54.6 Å². The summed E-state index contributed by atoms with van der Waals surface area (Å²) in [4.78, 5) is 9.50. The highest BCUT2D eigenvalue weighted by Crippen LogP contribution is 2.29. The smallest absolute Gasteiger partial charge is 0.239 e. The van der Waals surface area contributed by atoms with Crippen molar-refractivity contribution in [2.24, 2.45) is 0 Å². The molecule has 1 saturated heterocycles. The Morgan fingerprint density at radius 2 is 1.90 bits per heavy atom. The molecule has 20 heavy (non-hydrogen) atoms. The first-order valence-corrected chi connectivity index (χ1v) is 7.55. The van der Waals surface area contributed by atoms with Crippen molar-refractivity contribution >= 4 is 11.5 Å². The van der Waals surface area contributed by atoms with Crippen LogP contribution in [-0.2, 0) is 0 Å². The lowest BCUT2D eigenvalue weighted by Crippen LogP contribution is -2.47. The van der Waals surface area contributed by atoms with Gasteiger partial charge in [0.05, 0.1) is 11.8 Å². The molecule has 1 aromatic heterocycles. The fraction of sp³-hybridized carbons (Fsp3) is 0.667. The molecule has 1 saturated carbocycles. The van der Waals surface area contributed by atoms with Gasteiger partial charge in [0.15, 0.2) is 0 Å². The van der Waals surface area contributed by atoms with Gasteiger partial charge in [-0.05, 0) is 38.8 Å². The lowest BCUT2D eigenvalue weighted by Gasteiger charge is -2.35. The van der Waals surface area contributed by atoms with Crippen LogP contribution in [0.25, 0.3) is 0 Å². The van der Waals surface area contributed by atoms with E-state index in [4.69, 9.17) is 10.5 Å². The van der Waals surface area contributed by atoms with Crippen molar-refractivity contribution in [3.63, 3.8) is 0 Å². The summed E-state index contributed by atoms with van der Waals surface area (Å²) in [7, 11) is 0. The third-order valence-corrected chi connectivity index (χ3v) is 3.92. The van der Waals surface area contributed by atoms with Crippen LogP contribution >= 0.6 is 0 Å². The summed E-state index contributed by atoms with van der Waals surface area (Å²) < 4.78 is 5.67. The van der Waals surface area contributed by atoms with Gasteiger partial charge in [0.2, 0.25) is 5.88 Å². The molecule has 0 radical (unpaired) electrons. The van der Waals surface area contributed by atoms with Gasteiger partial charge in [0.25, 0.3) is 0 Å². The molecule has 2 aliphatic rings. The number of hydrogen-bond donors (Lipinski definition) is 1. The second kappa shape index (κ2) is 5.48. The summed E-state index contributed by atoms with van der Waals surface area (Å²) >= 11 is 0. The number of rotatable bonds is 4. The average Bonchev–Trinajstić information content (AvgIpc) is 3.25.